The molecule has 0 radical (unpaired) electrons. The molecule has 1 aliphatic rings. The van der Waals surface area contributed by atoms with E-state index in [9.17, 15) is 4.79 Å². The van der Waals surface area contributed by atoms with Gasteiger partial charge in [0.1, 0.15) is 16.4 Å². The van der Waals surface area contributed by atoms with E-state index in [1.165, 1.54) is 11.3 Å². The van der Waals surface area contributed by atoms with Crippen molar-refractivity contribution in [2.45, 2.75) is 0 Å². The molecule has 4 aromatic rings. The van der Waals surface area contributed by atoms with Crippen molar-refractivity contribution in [3.8, 4) is 22.0 Å². The Balaban J connectivity index is 1.32. The van der Waals surface area contributed by atoms with E-state index < -0.39 is 0 Å². The molecule has 4 heterocycles. The van der Waals surface area contributed by atoms with Gasteiger partial charge in [0.05, 0.1) is 18.6 Å². The Bertz CT molecular complexity index is 1180. The van der Waals surface area contributed by atoms with Crippen LogP contribution < -0.4 is 5.32 Å². The van der Waals surface area contributed by atoms with Gasteiger partial charge in [-0.3, -0.25) is 14.7 Å². The van der Waals surface area contributed by atoms with Gasteiger partial charge in [0.2, 0.25) is 0 Å². The van der Waals surface area contributed by atoms with Crippen LogP contribution in [-0.4, -0.2) is 65.3 Å². The van der Waals surface area contributed by atoms with Crippen molar-refractivity contribution in [1.29, 1.82) is 0 Å². The normalized spacial score (nSPS) is 14.7. The van der Waals surface area contributed by atoms with E-state index in [1.54, 1.807) is 24.5 Å². The number of ether oxygens (including phenoxy) is 1. The maximum absolute atomic E-state index is 12.7. The van der Waals surface area contributed by atoms with E-state index in [0.717, 1.165) is 48.8 Å². The summed E-state index contributed by atoms with van der Waals surface area (Å²) in [6, 6.07) is 9.19. The first-order valence-corrected chi connectivity index (χ1v) is 11.0. The molecule has 0 bridgehead atoms. The van der Waals surface area contributed by atoms with Crippen LogP contribution in [-0.2, 0) is 4.74 Å². The molecule has 5 rings (SSSR count). The molecule has 0 atom stereocenters. The van der Waals surface area contributed by atoms with E-state index in [2.05, 4.69) is 25.3 Å². The van der Waals surface area contributed by atoms with E-state index in [-0.39, 0.29) is 5.91 Å². The first-order chi connectivity index (χ1) is 15.3. The Hall–Kier alpha value is -3.14. The maximum atomic E-state index is 12.7. The largest absolute Gasteiger partial charge is 0.379 e. The fraction of sp³-hybridized carbons (Fsp3) is 0.273. The number of carbonyl (C=O) groups is 1. The highest BCUT2D eigenvalue weighted by Crippen LogP contribution is 2.32. The van der Waals surface area contributed by atoms with Gasteiger partial charge in [-0.2, -0.15) is 0 Å². The zero-order chi connectivity index (χ0) is 21.0. The number of nitrogens with zero attached hydrogens (tertiary/aromatic N) is 4. The molecule has 1 saturated heterocycles. The lowest BCUT2D eigenvalue weighted by Gasteiger charge is -2.26. The zero-order valence-corrected chi connectivity index (χ0v) is 17.6. The average Bonchev–Trinajstić information content (AvgIpc) is 3.47. The van der Waals surface area contributed by atoms with Gasteiger partial charge in [0, 0.05) is 55.1 Å². The monoisotopic (exact) mass is 435 g/mol. The summed E-state index contributed by atoms with van der Waals surface area (Å²) in [6.45, 7) is 4.71. The summed E-state index contributed by atoms with van der Waals surface area (Å²) in [5.74, 6) is -0.114. The van der Waals surface area contributed by atoms with E-state index in [0.29, 0.717) is 29.1 Å². The molecule has 3 aromatic heterocycles. The van der Waals surface area contributed by atoms with Crippen LogP contribution in [0, 0.1) is 0 Å². The van der Waals surface area contributed by atoms with Crippen LogP contribution in [0.3, 0.4) is 0 Å². The van der Waals surface area contributed by atoms with Gasteiger partial charge < -0.3 is 14.6 Å². The molecule has 158 valence electrons. The fourth-order valence-corrected chi connectivity index (χ4v) is 4.32. The number of morpholine rings is 1. The number of hydrogen-bond acceptors (Lipinski definition) is 8. The van der Waals surface area contributed by atoms with Gasteiger partial charge >= 0.3 is 0 Å². The Labute approximate surface area is 182 Å². The highest BCUT2D eigenvalue weighted by Gasteiger charge is 2.17. The number of carbonyl (C=O) groups excluding carboxylic acids is 1. The number of nitrogens with one attached hydrogen (secondary N) is 1. The predicted octanol–water partition coefficient (Wildman–Crippen LogP) is 3.08. The van der Waals surface area contributed by atoms with Crippen LogP contribution in [0.1, 0.15) is 10.4 Å². The molecule has 0 aliphatic carbocycles. The Morgan fingerprint density at radius 2 is 2.13 bits per heavy atom. The van der Waals surface area contributed by atoms with Crippen LogP contribution in [0.5, 0.6) is 0 Å². The standard InChI is InChI=1S/C22H21N5O3S/c28-21(24-6-7-27-8-10-29-11-9-27)15-3-4-19-17(12-15)20(26-30-19)18-14-31-22(25-18)16-2-1-5-23-13-16/h1-5,12-14H,6-11H2,(H,24,28). The van der Waals surface area contributed by atoms with Crippen LogP contribution in [0.4, 0.5) is 0 Å². The Morgan fingerprint density at radius 3 is 2.97 bits per heavy atom. The third-order valence-electron chi connectivity index (χ3n) is 5.20. The molecule has 1 amide bonds. The molecule has 1 aliphatic heterocycles. The summed E-state index contributed by atoms with van der Waals surface area (Å²) in [5, 5.41) is 10.8. The second kappa shape index (κ2) is 8.93. The molecular weight excluding hydrogens is 414 g/mol. The van der Waals surface area contributed by atoms with Crippen molar-refractivity contribution >= 4 is 28.2 Å². The van der Waals surface area contributed by atoms with Crippen LogP contribution in [0.25, 0.3) is 32.9 Å². The number of rotatable bonds is 6. The third-order valence-corrected chi connectivity index (χ3v) is 6.10. The summed E-state index contributed by atoms with van der Waals surface area (Å²) >= 11 is 1.52. The fourth-order valence-electron chi connectivity index (χ4n) is 3.52. The molecule has 9 heteroatoms. The minimum atomic E-state index is -0.114. The first-order valence-electron chi connectivity index (χ1n) is 10.1. The molecule has 0 unspecified atom stereocenters. The summed E-state index contributed by atoms with van der Waals surface area (Å²) in [4.78, 5) is 23.8. The molecule has 1 N–H and O–H groups in total. The molecular formula is C22H21N5O3S. The molecule has 1 fully saturated rings. The molecule has 0 saturated carbocycles. The van der Waals surface area contributed by atoms with Gasteiger partial charge in [-0.05, 0) is 30.3 Å². The molecule has 1 aromatic carbocycles. The Morgan fingerprint density at radius 1 is 1.23 bits per heavy atom. The number of thiazole rings is 1. The molecule has 8 nitrogen and oxygen atoms in total. The maximum Gasteiger partial charge on any atom is 0.251 e. The summed E-state index contributed by atoms with van der Waals surface area (Å²) in [6.07, 6.45) is 3.51. The van der Waals surface area contributed by atoms with Crippen molar-refractivity contribution in [2.24, 2.45) is 0 Å². The number of benzene rings is 1. The highest BCUT2D eigenvalue weighted by atomic mass is 32.1. The van der Waals surface area contributed by atoms with Crippen molar-refractivity contribution in [1.82, 2.24) is 25.3 Å². The number of hydrogen-bond donors (Lipinski definition) is 1. The first kappa shape index (κ1) is 19.8. The van der Waals surface area contributed by atoms with Crippen molar-refractivity contribution < 1.29 is 14.1 Å². The predicted molar refractivity (Wildman–Crippen MR) is 118 cm³/mol. The van der Waals surface area contributed by atoms with Gasteiger partial charge in [-0.1, -0.05) is 5.16 Å². The average molecular weight is 436 g/mol. The van der Waals surface area contributed by atoms with Crippen molar-refractivity contribution in [3.05, 3.63) is 53.7 Å². The lowest BCUT2D eigenvalue weighted by Crippen LogP contribution is -2.41. The second-order valence-electron chi connectivity index (χ2n) is 7.23. The van der Waals surface area contributed by atoms with Gasteiger partial charge in [0.25, 0.3) is 5.91 Å². The second-order valence-corrected chi connectivity index (χ2v) is 8.09. The highest BCUT2D eigenvalue weighted by molar-refractivity contribution is 7.13. The molecule has 31 heavy (non-hydrogen) atoms. The zero-order valence-electron chi connectivity index (χ0n) is 16.8. The van der Waals surface area contributed by atoms with Crippen molar-refractivity contribution in [2.75, 3.05) is 39.4 Å². The van der Waals surface area contributed by atoms with Gasteiger partial charge in [-0.25, -0.2) is 4.98 Å². The van der Waals surface area contributed by atoms with Gasteiger partial charge in [-0.15, -0.1) is 11.3 Å². The topological polar surface area (TPSA) is 93.4 Å². The van der Waals surface area contributed by atoms with E-state index in [1.807, 2.05) is 23.6 Å². The minimum Gasteiger partial charge on any atom is -0.379 e. The smallest absolute Gasteiger partial charge is 0.251 e. The summed E-state index contributed by atoms with van der Waals surface area (Å²) in [5.41, 5.74) is 3.49. The SMILES string of the molecule is O=C(NCCN1CCOCC1)c1ccc2onc(-c3csc(-c4cccnc4)n3)c2c1. The van der Waals surface area contributed by atoms with Crippen LogP contribution >= 0.6 is 11.3 Å². The van der Waals surface area contributed by atoms with Gasteiger partial charge in [0.15, 0.2) is 5.58 Å². The number of amides is 1. The minimum absolute atomic E-state index is 0.114. The molecule has 0 spiro atoms. The van der Waals surface area contributed by atoms with Crippen molar-refractivity contribution in [3.63, 3.8) is 0 Å². The van der Waals surface area contributed by atoms with Crippen LogP contribution in [0.15, 0.2) is 52.6 Å². The summed E-state index contributed by atoms with van der Waals surface area (Å²) < 4.78 is 10.8. The quantitative estimate of drug-likeness (QED) is 0.497. The van der Waals surface area contributed by atoms with E-state index >= 15 is 0 Å². The van der Waals surface area contributed by atoms with Crippen LogP contribution in [0.2, 0.25) is 0 Å². The lowest BCUT2D eigenvalue weighted by molar-refractivity contribution is 0.0383. The number of aromatic nitrogens is 3. The number of fused-ring (bicyclic) bond motifs is 1. The Kier molecular flexibility index (Phi) is 5.70. The van der Waals surface area contributed by atoms with E-state index in [4.69, 9.17) is 9.26 Å². The lowest BCUT2D eigenvalue weighted by atomic mass is 10.1. The number of pyridine rings is 1. The summed E-state index contributed by atoms with van der Waals surface area (Å²) in [7, 11) is 0. The third kappa shape index (κ3) is 4.34.